The molecular formula is C10H10N4O2S. The molecule has 0 saturated carbocycles. The van der Waals surface area contributed by atoms with Crippen molar-refractivity contribution < 1.29 is 8.42 Å². The molecule has 1 aromatic heterocycles. The van der Waals surface area contributed by atoms with Gasteiger partial charge in [0.25, 0.3) is 10.0 Å². The predicted octanol–water partition coefficient (Wildman–Crippen LogP) is 0.860. The van der Waals surface area contributed by atoms with E-state index in [-0.39, 0.29) is 16.5 Å². The first-order chi connectivity index (χ1) is 8.09. The minimum Gasteiger partial charge on any atom is -0.398 e. The first kappa shape index (κ1) is 11.3. The molecule has 0 atom stereocenters. The number of rotatable bonds is 3. The van der Waals surface area contributed by atoms with Crippen LogP contribution in [0.15, 0.2) is 47.6 Å². The summed E-state index contributed by atoms with van der Waals surface area (Å²) in [5.41, 5.74) is 5.78. The lowest BCUT2D eigenvalue weighted by Crippen LogP contribution is -2.16. The third-order valence-corrected chi connectivity index (χ3v) is 3.40. The lowest BCUT2D eigenvalue weighted by molar-refractivity contribution is 0.601. The van der Waals surface area contributed by atoms with Crippen LogP contribution in [0.25, 0.3) is 0 Å². The highest BCUT2D eigenvalue weighted by Crippen LogP contribution is 2.18. The second kappa shape index (κ2) is 4.38. The van der Waals surface area contributed by atoms with Crippen LogP contribution < -0.4 is 10.5 Å². The molecule has 3 N–H and O–H groups in total. The first-order valence-corrected chi connectivity index (χ1v) is 6.22. The standard InChI is InChI=1S/C10H10N4O2S/c11-8-4-1-2-5-9(8)17(15,16)14-10-12-6-3-7-13-10/h1-7H,11H2,(H,12,13,14). The van der Waals surface area contributed by atoms with Crippen molar-refractivity contribution in [1.82, 2.24) is 9.97 Å². The van der Waals surface area contributed by atoms with Gasteiger partial charge in [0, 0.05) is 12.4 Å². The Labute approximate surface area is 98.6 Å². The second-order valence-corrected chi connectivity index (χ2v) is 4.87. The molecule has 0 aliphatic heterocycles. The van der Waals surface area contributed by atoms with Gasteiger partial charge in [-0.05, 0) is 18.2 Å². The number of nitrogens with two attached hydrogens (primary N) is 1. The van der Waals surface area contributed by atoms with Crippen LogP contribution in [-0.2, 0) is 10.0 Å². The van der Waals surface area contributed by atoms with Crippen LogP contribution in [0, 0.1) is 0 Å². The number of hydrogen-bond acceptors (Lipinski definition) is 5. The second-order valence-electron chi connectivity index (χ2n) is 3.22. The van der Waals surface area contributed by atoms with Gasteiger partial charge in [-0.25, -0.2) is 23.1 Å². The van der Waals surface area contributed by atoms with Gasteiger partial charge < -0.3 is 5.73 Å². The number of nitrogens with one attached hydrogen (secondary N) is 1. The maximum Gasteiger partial charge on any atom is 0.266 e. The molecule has 7 heteroatoms. The Morgan fingerprint density at radius 1 is 1.06 bits per heavy atom. The molecule has 88 valence electrons. The average Bonchev–Trinajstić information content (AvgIpc) is 2.30. The van der Waals surface area contributed by atoms with Gasteiger partial charge in [0.2, 0.25) is 5.95 Å². The maximum atomic E-state index is 12.0. The SMILES string of the molecule is Nc1ccccc1S(=O)(=O)Nc1ncccn1. The van der Waals surface area contributed by atoms with E-state index in [9.17, 15) is 8.42 Å². The lowest BCUT2D eigenvalue weighted by Gasteiger charge is -2.07. The van der Waals surface area contributed by atoms with Crippen molar-refractivity contribution in [2.24, 2.45) is 0 Å². The van der Waals surface area contributed by atoms with Gasteiger partial charge in [-0.3, -0.25) is 0 Å². The van der Waals surface area contributed by atoms with E-state index in [1.54, 1.807) is 18.2 Å². The Morgan fingerprint density at radius 3 is 2.35 bits per heavy atom. The van der Waals surface area contributed by atoms with Crippen LogP contribution >= 0.6 is 0 Å². The third-order valence-electron chi connectivity index (χ3n) is 2.00. The van der Waals surface area contributed by atoms with Crippen LogP contribution in [0.4, 0.5) is 11.6 Å². The van der Waals surface area contributed by atoms with E-state index in [4.69, 9.17) is 5.73 Å². The van der Waals surface area contributed by atoms with Gasteiger partial charge in [0.05, 0.1) is 5.69 Å². The number of hydrogen-bond donors (Lipinski definition) is 2. The van der Waals surface area contributed by atoms with Crippen LogP contribution in [0.5, 0.6) is 0 Å². The normalized spacial score (nSPS) is 11.1. The van der Waals surface area contributed by atoms with E-state index in [1.807, 2.05) is 0 Å². The zero-order valence-corrected chi connectivity index (χ0v) is 9.55. The number of para-hydroxylation sites is 1. The Hall–Kier alpha value is -2.15. The Bertz CT molecular complexity index is 613. The summed E-state index contributed by atoms with van der Waals surface area (Å²) in [5.74, 6) is 0.00996. The molecule has 2 aromatic rings. The maximum absolute atomic E-state index is 12.0. The topological polar surface area (TPSA) is 98.0 Å². The van der Waals surface area contributed by atoms with E-state index in [0.717, 1.165) is 0 Å². The average molecular weight is 250 g/mol. The summed E-state index contributed by atoms with van der Waals surface area (Å²) in [6.07, 6.45) is 2.89. The van der Waals surface area contributed by atoms with Crippen molar-refractivity contribution in [3.8, 4) is 0 Å². The molecule has 0 fully saturated rings. The quantitative estimate of drug-likeness (QED) is 0.787. The zero-order chi connectivity index (χ0) is 12.3. The summed E-state index contributed by atoms with van der Waals surface area (Å²) in [5, 5.41) is 0. The summed E-state index contributed by atoms with van der Waals surface area (Å²) < 4.78 is 26.1. The minimum atomic E-state index is -3.74. The number of benzene rings is 1. The highest BCUT2D eigenvalue weighted by Gasteiger charge is 2.17. The van der Waals surface area contributed by atoms with Crippen LogP contribution in [0.3, 0.4) is 0 Å². The monoisotopic (exact) mass is 250 g/mol. The number of anilines is 2. The fraction of sp³-hybridized carbons (Fsp3) is 0. The summed E-state index contributed by atoms with van der Waals surface area (Å²) in [7, 11) is -3.74. The van der Waals surface area contributed by atoms with Crippen molar-refractivity contribution in [3.63, 3.8) is 0 Å². The molecule has 0 radical (unpaired) electrons. The molecule has 0 bridgehead atoms. The van der Waals surface area contributed by atoms with Gasteiger partial charge in [-0.2, -0.15) is 0 Å². The summed E-state index contributed by atoms with van der Waals surface area (Å²) >= 11 is 0. The largest absolute Gasteiger partial charge is 0.398 e. The van der Waals surface area contributed by atoms with Gasteiger partial charge in [-0.1, -0.05) is 12.1 Å². The van der Waals surface area contributed by atoms with Gasteiger partial charge in [0.1, 0.15) is 4.90 Å². The van der Waals surface area contributed by atoms with E-state index in [1.165, 1.54) is 24.5 Å². The molecule has 0 amide bonds. The molecule has 1 aromatic carbocycles. The van der Waals surface area contributed by atoms with E-state index >= 15 is 0 Å². The Kier molecular flexibility index (Phi) is 2.92. The van der Waals surface area contributed by atoms with E-state index < -0.39 is 10.0 Å². The van der Waals surface area contributed by atoms with Crippen molar-refractivity contribution in [2.75, 3.05) is 10.5 Å². The molecule has 2 rings (SSSR count). The van der Waals surface area contributed by atoms with Gasteiger partial charge in [-0.15, -0.1) is 0 Å². The smallest absolute Gasteiger partial charge is 0.266 e. The molecule has 17 heavy (non-hydrogen) atoms. The number of sulfonamides is 1. The fourth-order valence-electron chi connectivity index (χ4n) is 1.25. The number of aromatic nitrogens is 2. The minimum absolute atomic E-state index is 0.00690. The Morgan fingerprint density at radius 2 is 1.71 bits per heavy atom. The molecule has 1 heterocycles. The van der Waals surface area contributed by atoms with Crippen molar-refractivity contribution in [2.45, 2.75) is 4.90 Å². The number of nitrogens with zero attached hydrogens (tertiary/aromatic N) is 2. The molecule has 0 aliphatic carbocycles. The molecule has 0 spiro atoms. The summed E-state index contributed by atoms with van der Waals surface area (Å²) in [6.45, 7) is 0. The fourth-order valence-corrected chi connectivity index (χ4v) is 2.34. The summed E-state index contributed by atoms with van der Waals surface area (Å²) in [4.78, 5) is 7.56. The molecule has 0 aliphatic rings. The number of nitrogen functional groups attached to an aromatic ring is 1. The van der Waals surface area contributed by atoms with E-state index in [0.29, 0.717) is 0 Å². The van der Waals surface area contributed by atoms with Crippen molar-refractivity contribution >= 4 is 21.7 Å². The van der Waals surface area contributed by atoms with Gasteiger partial charge in [0.15, 0.2) is 0 Å². The molecule has 6 nitrogen and oxygen atoms in total. The first-order valence-electron chi connectivity index (χ1n) is 4.74. The van der Waals surface area contributed by atoms with Crippen molar-refractivity contribution in [3.05, 3.63) is 42.7 Å². The zero-order valence-electron chi connectivity index (χ0n) is 8.74. The Balaban J connectivity index is 2.36. The van der Waals surface area contributed by atoms with Crippen LogP contribution in [0.1, 0.15) is 0 Å². The highest BCUT2D eigenvalue weighted by atomic mass is 32.2. The van der Waals surface area contributed by atoms with E-state index in [2.05, 4.69) is 14.7 Å². The molecule has 0 unspecified atom stereocenters. The van der Waals surface area contributed by atoms with Crippen LogP contribution in [-0.4, -0.2) is 18.4 Å². The molecular weight excluding hydrogens is 240 g/mol. The third kappa shape index (κ3) is 2.51. The predicted molar refractivity (Wildman–Crippen MR) is 63.7 cm³/mol. The highest BCUT2D eigenvalue weighted by molar-refractivity contribution is 7.92. The van der Waals surface area contributed by atoms with Gasteiger partial charge >= 0.3 is 0 Å². The summed E-state index contributed by atoms with van der Waals surface area (Å²) in [6, 6.07) is 7.78. The lowest BCUT2D eigenvalue weighted by atomic mass is 10.3. The van der Waals surface area contributed by atoms with Crippen LogP contribution in [0.2, 0.25) is 0 Å². The molecule has 0 saturated heterocycles. The van der Waals surface area contributed by atoms with Crippen molar-refractivity contribution in [1.29, 1.82) is 0 Å².